The van der Waals surface area contributed by atoms with E-state index in [2.05, 4.69) is 5.32 Å². The Bertz CT molecular complexity index is 226. The van der Waals surface area contributed by atoms with Crippen LogP contribution in [0, 0.1) is 0 Å². The Labute approximate surface area is 98.0 Å². The number of thioether (sulfide) groups is 1. The molecule has 90 valence electrons. The van der Waals surface area contributed by atoms with Crippen LogP contribution in [0.4, 0.5) is 4.79 Å². The average Bonchev–Trinajstić information content (AvgIpc) is 2.00. The van der Waals surface area contributed by atoms with E-state index in [1.54, 1.807) is 20.8 Å². The van der Waals surface area contributed by atoms with Crippen molar-refractivity contribution in [1.82, 2.24) is 5.32 Å². The first-order valence-corrected chi connectivity index (χ1v) is 7.54. The fraction of sp³-hybridized carbons (Fsp3) is 0.889. The van der Waals surface area contributed by atoms with Crippen LogP contribution in [0.1, 0.15) is 20.8 Å². The van der Waals surface area contributed by atoms with Crippen molar-refractivity contribution in [3.8, 4) is 0 Å². The Morgan fingerprint density at radius 3 is 2.53 bits per heavy atom. The minimum Gasteiger partial charge on any atom is -0.444 e. The summed E-state index contributed by atoms with van der Waals surface area (Å²) in [5.74, 6) is 0.472. The first kappa shape index (κ1) is 14.8. The smallest absolute Gasteiger partial charge is 0.407 e. The van der Waals surface area contributed by atoms with Gasteiger partial charge in [-0.15, -0.1) is 0 Å². The quantitative estimate of drug-likeness (QED) is 0.808. The summed E-state index contributed by atoms with van der Waals surface area (Å²) in [7, 11) is -0.867. The molecule has 6 heteroatoms. The number of rotatable bonds is 5. The molecule has 0 spiro atoms. The van der Waals surface area contributed by atoms with Crippen LogP contribution in [-0.2, 0) is 15.5 Å². The lowest BCUT2D eigenvalue weighted by Crippen LogP contribution is -2.34. The predicted molar refractivity (Wildman–Crippen MR) is 65.6 cm³/mol. The lowest BCUT2D eigenvalue weighted by atomic mass is 10.2. The number of amides is 1. The Morgan fingerprint density at radius 1 is 1.47 bits per heavy atom. The third kappa shape index (κ3) is 10.1. The zero-order valence-electron chi connectivity index (χ0n) is 9.66. The molecule has 0 aliphatic carbocycles. The third-order valence-corrected chi connectivity index (χ3v) is 3.90. The Hall–Kier alpha value is -0.230. The molecule has 0 radical (unpaired) electrons. The highest BCUT2D eigenvalue weighted by molar-refractivity contribution is 8.09. The second-order valence-electron chi connectivity index (χ2n) is 3.98. The van der Waals surface area contributed by atoms with Gasteiger partial charge >= 0.3 is 6.09 Å². The number of hydrogen-bond donors (Lipinski definition) is 1. The Balaban J connectivity index is 3.60. The molecule has 0 aromatic carbocycles. The highest BCUT2D eigenvalue weighted by Gasteiger charge is 2.15. The van der Waals surface area contributed by atoms with Crippen molar-refractivity contribution in [2.75, 3.05) is 23.6 Å². The van der Waals surface area contributed by atoms with E-state index in [9.17, 15) is 9.00 Å². The van der Waals surface area contributed by atoms with Gasteiger partial charge < -0.3 is 10.1 Å². The molecule has 1 amide bonds. The van der Waals surface area contributed by atoms with Crippen molar-refractivity contribution < 1.29 is 13.7 Å². The second kappa shape index (κ2) is 7.11. The second-order valence-corrected chi connectivity index (χ2v) is 6.79. The maximum atomic E-state index is 11.2. The van der Waals surface area contributed by atoms with Gasteiger partial charge in [0, 0.05) is 23.1 Å². The van der Waals surface area contributed by atoms with Crippen molar-refractivity contribution in [3.63, 3.8) is 0 Å². The number of nitrogens with one attached hydrogen (secondary N) is 1. The zero-order chi connectivity index (χ0) is 11.9. The van der Waals surface area contributed by atoms with Crippen LogP contribution in [0.25, 0.3) is 0 Å². The number of ether oxygens (including phenoxy) is 1. The first-order chi connectivity index (χ1) is 6.85. The van der Waals surface area contributed by atoms with Crippen molar-refractivity contribution >= 4 is 28.7 Å². The monoisotopic (exact) mass is 253 g/mol. The van der Waals surface area contributed by atoms with E-state index in [1.165, 1.54) is 11.8 Å². The standard InChI is InChI=1S/C9H19NO3S2/c1-9(2,3)13-8(11)10-5-6-15(12)7-14-4/h5-7H2,1-4H3,(H,10,11). The molecule has 0 fully saturated rings. The molecule has 0 rings (SSSR count). The predicted octanol–water partition coefficient (Wildman–Crippen LogP) is 1.58. The first-order valence-electron chi connectivity index (χ1n) is 4.66. The summed E-state index contributed by atoms with van der Waals surface area (Å²) in [6.07, 6.45) is 1.45. The van der Waals surface area contributed by atoms with Crippen LogP contribution in [0.2, 0.25) is 0 Å². The Morgan fingerprint density at radius 2 is 2.07 bits per heavy atom. The summed E-state index contributed by atoms with van der Waals surface area (Å²) in [6.45, 7) is 5.80. The van der Waals surface area contributed by atoms with Gasteiger partial charge in [-0.2, -0.15) is 11.8 Å². The summed E-state index contributed by atoms with van der Waals surface area (Å²) in [6, 6.07) is 0. The zero-order valence-corrected chi connectivity index (χ0v) is 11.3. The molecule has 0 aliphatic rings. The number of carbonyl (C=O) groups excluding carboxylic acids is 1. The Kier molecular flexibility index (Phi) is 7.00. The molecule has 1 N–H and O–H groups in total. The fourth-order valence-electron chi connectivity index (χ4n) is 0.771. The van der Waals surface area contributed by atoms with E-state index >= 15 is 0 Å². The van der Waals surface area contributed by atoms with E-state index in [1.807, 2.05) is 6.26 Å². The van der Waals surface area contributed by atoms with Crippen molar-refractivity contribution in [2.24, 2.45) is 0 Å². The van der Waals surface area contributed by atoms with Gasteiger partial charge in [-0.25, -0.2) is 4.79 Å². The van der Waals surface area contributed by atoms with Crippen LogP contribution in [0.3, 0.4) is 0 Å². The van der Waals surface area contributed by atoms with Crippen LogP contribution in [0.5, 0.6) is 0 Å². The largest absolute Gasteiger partial charge is 0.444 e. The lowest BCUT2D eigenvalue weighted by Gasteiger charge is -2.19. The van der Waals surface area contributed by atoms with E-state index in [0.717, 1.165) is 0 Å². The van der Waals surface area contributed by atoms with Crippen LogP contribution >= 0.6 is 11.8 Å². The minimum absolute atomic E-state index is 0.391. The highest BCUT2D eigenvalue weighted by Crippen LogP contribution is 2.06. The van der Waals surface area contributed by atoms with Gasteiger partial charge in [0.2, 0.25) is 0 Å². The molecule has 0 aliphatic heterocycles. The molecule has 0 bridgehead atoms. The number of alkyl carbamates (subject to hydrolysis) is 1. The molecule has 0 heterocycles. The maximum absolute atomic E-state index is 11.2. The van der Waals surface area contributed by atoms with Gasteiger partial charge in [-0.1, -0.05) is 0 Å². The third-order valence-electron chi connectivity index (χ3n) is 1.25. The molecule has 0 aromatic heterocycles. The van der Waals surface area contributed by atoms with E-state index in [-0.39, 0.29) is 0 Å². The van der Waals surface area contributed by atoms with E-state index < -0.39 is 22.5 Å². The molecule has 4 nitrogen and oxygen atoms in total. The van der Waals surface area contributed by atoms with Gasteiger partial charge in [0.25, 0.3) is 0 Å². The van der Waals surface area contributed by atoms with Gasteiger partial charge in [0.15, 0.2) is 0 Å². The summed E-state index contributed by atoms with van der Waals surface area (Å²) < 4.78 is 16.2. The molecule has 0 aromatic rings. The van der Waals surface area contributed by atoms with Gasteiger partial charge in [0.05, 0.1) is 5.08 Å². The normalized spacial score (nSPS) is 13.3. The fourth-order valence-corrected chi connectivity index (χ4v) is 2.62. The molecule has 15 heavy (non-hydrogen) atoms. The van der Waals surface area contributed by atoms with Crippen molar-refractivity contribution in [2.45, 2.75) is 26.4 Å². The van der Waals surface area contributed by atoms with Crippen molar-refractivity contribution in [3.05, 3.63) is 0 Å². The number of carbonyl (C=O) groups is 1. The molecule has 1 atom stereocenters. The van der Waals surface area contributed by atoms with Crippen LogP contribution in [-0.4, -0.2) is 39.5 Å². The topological polar surface area (TPSA) is 55.4 Å². The molecular formula is C9H19NO3S2. The number of hydrogen-bond acceptors (Lipinski definition) is 4. The highest BCUT2D eigenvalue weighted by atomic mass is 32.2. The van der Waals surface area contributed by atoms with Crippen LogP contribution < -0.4 is 5.32 Å². The SMILES string of the molecule is CSCS(=O)CCNC(=O)OC(C)(C)C. The van der Waals surface area contributed by atoms with E-state index in [0.29, 0.717) is 17.4 Å². The summed E-state index contributed by atoms with van der Waals surface area (Å²) in [4.78, 5) is 11.2. The lowest BCUT2D eigenvalue weighted by molar-refractivity contribution is 0.0531. The van der Waals surface area contributed by atoms with Gasteiger partial charge in [0.1, 0.15) is 5.60 Å². The molecule has 0 saturated carbocycles. The van der Waals surface area contributed by atoms with Gasteiger partial charge in [-0.05, 0) is 27.0 Å². The minimum atomic E-state index is -0.867. The van der Waals surface area contributed by atoms with Gasteiger partial charge in [-0.3, -0.25) is 4.21 Å². The molecule has 0 saturated heterocycles. The van der Waals surface area contributed by atoms with Crippen molar-refractivity contribution in [1.29, 1.82) is 0 Å². The van der Waals surface area contributed by atoms with E-state index in [4.69, 9.17) is 4.74 Å². The molecular weight excluding hydrogens is 234 g/mol. The molecule has 1 unspecified atom stereocenters. The summed E-state index contributed by atoms with van der Waals surface area (Å²) >= 11 is 1.53. The summed E-state index contributed by atoms with van der Waals surface area (Å²) in [5.41, 5.74) is -0.484. The average molecular weight is 253 g/mol. The van der Waals surface area contributed by atoms with Crippen LogP contribution in [0.15, 0.2) is 0 Å². The summed E-state index contributed by atoms with van der Waals surface area (Å²) in [5, 5.41) is 3.17. The maximum Gasteiger partial charge on any atom is 0.407 e.